The van der Waals surface area contributed by atoms with Crippen molar-refractivity contribution in [3.63, 3.8) is 0 Å². The summed E-state index contributed by atoms with van der Waals surface area (Å²) in [6.07, 6.45) is 0.707. The monoisotopic (exact) mass is 227 g/mol. The molecular weight excluding hydrogens is 210 g/mol. The number of carbonyl (C=O) groups is 1. The van der Waals surface area contributed by atoms with Crippen molar-refractivity contribution < 1.29 is 9.90 Å². The first kappa shape index (κ1) is 12.2. The Labute approximate surface area is 94.1 Å². The smallest absolute Gasteiger partial charge is 0.252 e. The van der Waals surface area contributed by atoms with E-state index in [2.05, 4.69) is 5.32 Å². The number of hydrogen-bond donors (Lipinski definition) is 2. The SMILES string of the molecule is CCC(C)(CO)NC(=O)c1cscc1C. The van der Waals surface area contributed by atoms with Crippen LogP contribution in [0.25, 0.3) is 0 Å². The van der Waals surface area contributed by atoms with E-state index in [0.29, 0.717) is 12.0 Å². The molecule has 1 rings (SSSR count). The zero-order valence-electron chi connectivity index (χ0n) is 9.33. The van der Waals surface area contributed by atoms with Crippen LogP contribution in [0.4, 0.5) is 0 Å². The third-order valence-electron chi connectivity index (χ3n) is 2.64. The van der Waals surface area contributed by atoms with Crippen molar-refractivity contribution in [1.29, 1.82) is 0 Å². The van der Waals surface area contributed by atoms with Crippen molar-refractivity contribution >= 4 is 17.2 Å². The molecule has 1 aromatic heterocycles. The molecule has 2 N–H and O–H groups in total. The normalized spacial score (nSPS) is 14.7. The van der Waals surface area contributed by atoms with Crippen LogP contribution < -0.4 is 5.32 Å². The van der Waals surface area contributed by atoms with Gasteiger partial charge in [0.2, 0.25) is 0 Å². The van der Waals surface area contributed by atoms with Crippen LogP contribution in [-0.4, -0.2) is 23.2 Å². The highest BCUT2D eigenvalue weighted by molar-refractivity contribution is 7.08. The molecule has 0 bridgehead atoms. The van der Waals surface area contributed by atoms with Crippen LogP contribution in [0.3, 0.4) is 0 Å². The lowest BCUT2D eigenvalue weighted by Crippen LogP contribution is -2.48. The number of nitrogens with one attached hydrogen (secondary N) is 1. The number of thiophene rings is 1. The van der Waals surface area contributed by atoms with Crippen molar-refractivity contribution in [3.8, 4) is 0 Å². The van der Waals surface area contributed by atoms with Gasteiger partial charge in [0, 0.05) is 5.38 Å². The van der Waals surface area contributed by atoms with Crippen LogP contribution in [0.1, 0.15) is 36.2 Å². The summed E-state index contributed by atoms with van der Waals surface area (Å²) < 4.78 is 0. The van der Waals surface area contributed by atoms with E-state index >= 15 is 0 Å². The topological polar surface area (TPSA) is 49.3 Å². The minimum absolute atomic E-state index is 0.0432. The maximum absolute atomic E-state index is 11.8. The van der Waals surface area contributed by atoms with E-state index in [1.807, 2.05) is 31.5 Å². The second-order valence-electron chi connectivity index (χ2n) is 3.99. The number of aliphatic hydroxyl groups excluding tert-OH is 1. The fourth-order valence-electron chi connectivity index (χ4n) is 1.17. The van der Waals surface area contributed by atoms with Gasteiger partial charge >= 0.3 is 0 Å². The molecule has 84 valence electrons. The molecule has 0 radical (unpaired) electrons. The molecule has 0 aromatic carbocycles. The van der Waals surface area contributed by atoms with E-state index in [4.69, 9.17) is 0 Å². The number of carbonyl (C=O) groups excluding carboxylic acids is 1. The fourth-order valence-corrected chi connectivity index (χ4v) is 2.00. The summed E-state index contributed by atoms with van der Waals surface area (Å²) in [6.45, 7) is 5.65. The minimum Gasteiger partial charge on any atom is -0.394 e. The van der Waals surface area contributed by atoms with Gasteiger partial charge in [-0.1, -0.05) is 6.92 Å². The Bertz CT molecular complexity index is 342. The predicted molar refractivity (Wildman–Crippen MR) is 62.3 cm³/mol. The Morgan fingerprint density at radius 2 is 2.27 bits per heavy atom. The standard InChI is InChI=1S/C11H17NO2S/c1-4-11(3,7-13)12-10(14)9-6-15-5-8(9)2/h5-6,13H,4,7H2,1-3H3,(H,12,14). The summed E-state index contributed by atoms with van der Waals surface area (Å²) in [7, 11) is 0. The molecule has 0 fully saturated rings. The molecule has 0 spiro atoms. The van der Waals surface area contributed by atoms with Crippen molar-refractivity contribution in [1.82, 2.24) is 5.32 Å². The van der Waals surface area contributed by atoms with Crippen molar-refractivity contribution in [3.05, 3.63) is 21.9 Å². The molecule has 4 heteroatoms. The highest BCUT2D eigenvalue weighted by Gasteiger charge is 2.24. The summed E-state index contributed by atoms with van der Waals surface area (Å²) in [5, 5.41) is 15.8. The molecule has 1 unspecified atom stereocenters. The molecule has 0 aliphatic heterocycles. The quantitative estimate of drug-likeness (QED) is 0.826. The number of rotatable bonds is 4. The predicted octanol–water partition coefficient (Wildman–Crippen LogP) is 1.95. The first-order chi connectivity index (χ1) is 7.02. The first-order valence-corrected chi connectivity index (χ1v) is 5.93. The Morgan fingerprint density at radius 1 is 1.60 bits per heavy atom. The van der Waals surface area contributed by atoms with Crippen molar-refractivity contribution in [2.45, 2.75) is 32.7 Å². The molecule has 0 saturated carbocycles. The van der Waals surface area contributed by atoms with Gasteiger partial charge < -0.3 is 10.4 Å². The molecule has 0 saturated heterocycles. The average Bonchev–Trinajstić information content (AvgIpc) is 2.64. The van der Waals surface area contributed by atoms with Crippen LogP contribution in [0.2, 0.25) is 0 Å². The second-order valence-corrected chi connectivity index (χ2v) is 4.74. The molecule has 1 atom stereocenters. The van der Waals surface area contributed by atoms with E-state index < -0.39 is 5.54 Å². The Balaban J connectivity index is 2.76. The van der Waals surface area contributed by atoms with E-state index in [9.17, 15) is 9.90 Å². The zero-order chi connectivity index (χ0) is 11.5. The molecule has 1 amide bonds. The van der Waals surface area contributed by atoms with E-state index in [-0.39, 0.29) is 12.5 Å². The number of hydrogen-bond acceptors (Lipinski definition) is 3. The average molecular weight is 227 g/mol. The van der Waals surface area contributed by atoms with E-state index in [1.54, 1.807) is 0 Å². The lowest BCUT2D eigenvalue weighted by atomic mass is 9.99. The highest BCUT2D eigenvalue weighted by atomic mass is 32.1. The third kappa shape index (κ3) is 2.79. The lowest BCUT2D eigenvalue weighted by Gasteiger charge is -2.27. The van der Waals surface area contributed by atoms with Crippen LogP contribution in [0.15, 0.2) is 10.8 Å². The van der Waals surface area contributed by atoms with Crippen molar-refractivity contribution in [2.24, 2.45) is 0 Å². The molecule has 0 aliphatic carbocycles. The van der Waals surface area contributed by atoms with Gasteiger partial charge in [-0.05, 0) is 31.2 Å². The van der Waals surface area contributed by atoms with Gasteiger partial charge in [0.15, 0.2) is 0 Å². The number of aliphatic hydroxyl groups is 1. The molecule has 15 heavy (non-hydrogen) atoms. The van der Waals surface area contributed by atoms with Crippen LogP contribution in [-0.2, 0) is 0 Å². The largest absolute Gasteiger partial charge is 0.394 e. The van der Waals surface area contributed by atoms with Gasteiger partial charge in [0.1, 0.15) is 0 Å². The van der Waals surface area contributed by atoms with Crippen molar-refractivity contribution in [2.75, 3.05) is 6.61 Å². The lowest BCUT2D eigenvalue weighted by molar-refractivity contribution is 0.0847. The van der Waals surface area contributed by atoms with Crippen LogP contribution in [0, 0.1) is 6.92 Å². The van der Waals surface area contributed by atoms with E-state index in [0.717, 1.165) is 5.56 Å². The van der Waals surface area contributed by atoms with Gasteiger partial charge in [0.25, 0.3) is 5.91 Å². The van der Waals surface area contributed by atoms with E-state index in [1.165, 1.54) is 11.3 Å². The highest BCUT2D eigenvalue weighted by Crippen LogP contribution is 2.16. The zero-order valence-corrected chi connectivity index (χ0v) is 10.1. The number of aryl methyl sites for hydroxylation is 1. The van der Waals surface area contributed by atoms with Gasteiger partial charge in [-0.15, -0.1) is 0 Å². The fraction of sp³-hybridized carbons (Fsp3) is 0.545. The molecule has 1 heterocycles. The third-order valence-corrected chi connectivity index (χ3v) is 3.51. The summed E-state index contributed by atoms with van der Waals surface area (Å²) >= 11 is 1.51. The minimum atomic E-state index is -0.522. The molecule has 0 aliphatic rings. The number of amides is 1. The van der Waals surface area contributed by atoms with Crippen LogP contribution >= 0.6 is 11.3 Å². The Kier molecular flexibility index (Phi) is 3.88. The Morgan fingerprint density at radius 3 is 2.67 bits per heavy atom. The summed E-state index contributed by atoms with van der Waals surface area (Å²) in [6, 6.07) is 0. The molecule has 1 aromatic rings. The summed E-state index contributed by atoms with van der Waals surface area (Å²) in [5.41, 5.74) is 1.16. The first-order valence-electron chi connectivity index (χ1n) is 4.98. The van der Waals surface area contributed by atoms with Gasteiger partial charge in [-0.3, -0.25) is 4.79 Å². The maximum atomic E-state index is 11.8. The maximum Gasteiger partial charge on any atom is 0.252 e. The van der Waals surface area contributed by atoms with Gasteiger partial charge in [0.05, 0.1) is 17.7 Å². The van der Waals surface area contributed by atoms with Gasteiger partial charge in [-0.2, -0.15) is 11.3 Å². The summed E-state index contributed by atoms with van der Waals surface area (Å²) in [4.78, 5) is 11.8. The summed E-state index contributed by atoms with van der Waals surface area (Å²) in [5.74, 6) is -0.104. The van der Waals surface area contributed by atoms with Crippen LogP contribution in [0.5, 0.6) is 0 Å². The van der Waals surface area contributed by atoms with Gasteiger partial charge in [-0.25, -0.2) is 0 Å². The molecular formula is C11H17NO2S. The molecule has 3 nitrogen and oxygen atoms in total. The second kappa shape index (κ2) is 4.77. The Hall–Kier alpha value is -0.870.